The smallest absolute Gasteiger partial charge is 0.352 e. The predicted octanol–water partition coefficient (Wildman–Crippen LogP) is 5.39. The van der Waals surface area contributed by atoms with Crippen LogP contribution >= 0.6 is 0 Å². The van der Waals surface area contributed by atoms with E-state index >= 15 is 4.39 Å². The van der Waals surface area contributed by atoms with Crippen molar-refractivity contribution in [2.24, 2.45) is 0 Å². The Morgan fingerprint density at radius 1 is 0.692 bits per heavy atom. The summed E-state index contributed by atoms with van der Waals surface area (Å²) in [4.78, 5) is 0. The summed E-state index contributed by atoms with van der Waals surface area (Å²) in [7, 11) is 2.65. The highest BCUT2D eigenvalue weighted by molar-refractivity contribution is 5.41. The first-order valence-corrected chi connectivity index (χ1v) is 7.44. The second-order valence-corrected chi connectivity index (χ2v) is 5.52. The summed E-state index contributed by atoms with van der Waals surface area (Å²) in [6, 6.07) is 9.64. The summed E-state index contributed by atoms with van der Waals surface area (Å²) in [6.07, 6.45) is -6.95. The van der Waals surface area contributed by atoms with Crippen molar-refractivity contribution in [2.75, 3.05) is 14.2 Å². The van der Waals surface area contributed by atoms with E-state index in [1.165, 1.54) is 44.6 Å². The molecule has 26 heavy (non-hydrogen) atoms. The number of ether oxygens (including phenoxy) is 2. The molecular weight excluding hydrogens is 362 g/mol. The quantitative estimate of drug-likeness (QED) is 0.496. The lowest BCUT2D eigenvalue weighted by Gasteiger charge is -2.35. The van der Waals surface area contributed by atoms with Crippen LogP contribution in [0.2, 0.25) is 0 Å². The second-order valence-electron chi connectivity index (χ2n) is 5.52. The number of benzene rings is 2. The molecule has 0 aliphatic carbocycles. The largest absolute Gasteiger partial charge is 0.457 e. The lowest BCUT2D eigenvalue weighted by atomic mass is 9.82. The number of methoxy groups -OCH3 is 2. The lowest BCUT2D eigenvalue weighted by Crippen LogP contribution is -2.53. The highest BCUT2D eigenvalue weighted by Crippen LogP contribution is 2.54. The van der Waals surface area contributed by atoms with Crippen LogP contribution in [0.1, 0.15) is 23.0 Å². The third-order valence-electron chi connectivity index (χ3n) is 3.97. The second kappa shape index (κ2) is 7.28. The molecule has 1 atom stereocenters. The van der Waals surface area contributed by atoms with E-state index in [4.69, 9.17) is 9.47 Å². The van der Waals surface area contributed by atoms with Crippen LogP contribution < -0.4 is 0 Å². The van der Waals surface area contributed by atoms with Crippen molar-refractivity contribution in [3.63, 3.8) is 0 Å². The Morgan fingerprint density at radius 3 is 1.58 bits per heavy atom. The molecule has 0 saturated heterocycles. The van der Waals surface area contributed by atoms with Gasteiger partial charge in [-0.15, -0.1) is 0 Å². The minimum Gasteiger partial charge on any atom is -0.352 e. The van der Waals surface area contributed by atoms with Gasteiger partial charge in [0, 0.05) is 30.9 Å². The van der Waals surface area contributed by atoms with Crippen LogP contribution in [0.15, 0.2) is 54.6 Å². The minimum atomic E-state index is -6.09. The minimum absolute atomic E-state index is 0.337. The molecular formula is C18H16F6O2. The highest BCUT2D eigenvalue weighted by Gasteiger charge is 2.72. The van der Waals surface area contributed by atoms with Gasteiger partial charge in [-0.05, 0) is 0 Å². The van der Waals surface area contributed by atoms with Gasteiger partial charge in [0.15, 0.2) is 6.29 Å². The van der Waals surface area contributed by atoms with Crippen molar-refractivity contribution in [3.8, 4) is 0 Å². The van der Waals surface area contributed by atoms with Gasteiger partial charge in [-0.25, -0.2) is 4.39 Å². The van der Waals surface area contributed by atoms with E-state index < -0.39 is 35.2 Å². The Bertz CT molecular complexity index is 711. The van der Waals surface area contributed by atoms with Crippen LogP contribution in [-0.2, 0) is 15.1 Å². The van der Waals surface area contributed by atoms with Gasteiger partial charge in [-0.1, -0.05) is 54.6 Å². The van der Waals surface area contributed by atoms with Gasteiger partial charge in [-0.3, -0.25) is 0 Å². The van der Waals surface area contributed by atoms with E-state index in [9.17, 15) is 22.0 Å². The van der Waals surface area contributed by atoms with Crippen LogP contribution in [-0.4, -0.2) is 26.3 Å². The van der Waals surface area contributed by atoms with Crippen LogP contribution in [0.25, 0.3) is 0 Å². The summed E-state index contributed by atoms with van der Waals surface area (Å²) in [5.74, 6) is -5.65. The van der Waals surface area contributed by atoms with Gasteiger partial charge in [-0.2, -0.15) is 22.0 Å². The average molecular weight is 378 g/mol. The van der Waals surface area contributed by atoms with Gasteiger partial charge in [0.25, 0.3) is 0 Å². The maximum atomic E-state index is 15.5. The number of hydrogen-bond acceptors (Lipinski definition) is 2. The summed E-state index contributed by atoms with van der Waals surface area (Å²) in [5.41, 5.74) is -5.39. The van der Waals surface area contributed by atoms with Gasteiger partial charge in [0.2, 0.25) is 5.67 Å². The lowest BCUT2D eigenvalue weighted by molar-refractivity contribution is -0.323. The summed E-state index contributed by atoms with van der Waals surface area (Å²) < 4.78 is 92.8. The molecule has 0 bridgehead atoms. The van der Waals surface area contributed by atoms with Gasteiger partial charge >= 0.3 is 12.1 Å². The zero-order chi connectivity index (χ0) is 19.6. The average Bonchev–Trinajstić information content (AvgIpc) is 2.62. The van der Waals surface area contributed by atoms with Crippen molar-refractivity contribution in [3.05, 3.63) is 71.3 Å². The van der Waals surface area contributed by atoms with Crippen molar-refractivity contribution < 1.29 is 35.8 Å². The zero-order valence-corrected chi connectivity index (χ0v) is 13.9. The molecule has 142 valence electrons. The topological polar surface area (TPSA) is 18.5 Å². The molecule has 0 aromatic heterocycles. The number of halogens is 6. The van der Waals surface area contributed by atoms with Crippen molar-refractivity contribution >= 4 is 0 Å². The van der Waals surface area contributed by atoms with Crippen LogP contribution in [0, 0.1) is 0 Å². The van der Waals surface area contributed by atoms with Crippen molar-refractivity contribution in [1.29, 1.82) is 0 Å². The number of rotatable bonds is 6. The van der Waals surface area contributed by atoms with Gasteiger partial charge in [0.05, 0.1) is 0 Å². The Hall–Kier alpha value is -2.06. The molecule has 0 radical (unpaired) electrons. The molecule has 2 aromatic rings. The maximum absolute atomic E-state index is 15.5. The molecule has 0 saturated carbocycles. The molecule has 1 unspecified atom stereocenters. The molecule has 8 heteroatoms. The molecule has 0 amide bonds. The number of alkyl halides is 6. The predicted molar refractivity (Wildman–Crippen MR) is 82.5 cm³/mol. The van der Waals surface area contributed by atoms with E-state index in [1.54, 1.807) is 0 Å². The monoisotopic (exact) mass is 378 g/mol. The Labute approximate surface area is 146 Å². The molecule has 0 heterocycles. The van der Waals surface area contributed by atoms with Crippen LogP contribution in [0.4, 0.5) is 26.3 Å². The molecule has 2 aromatic carbocycles. The van der Waals surface area contributed by atoms with Gasteiger partial charge < -0.3 is 9.47 Å². The molecule has 0 spiro atoms. The summed E-state index contributed by atoms with van der Waals surface area (Å²) >= 11 is 0. The molecule has 2 nitrogen and oxygen atoms in total. The van der Waals surface area contributed by atoms with Crippen molar-refractivity contribution in [2.45, 2.75) is 24.1 Å². The molecule has 0 aliphatic heterocycles. The summed E-state index contributed by atoms with van der Waals surface area (Å²) in [6.45, 7) is 0. The van der Waals surface area contributed by atoms with E-state index in [-0.39, 0.29) is 0 Å². The molecule has 0 N–H and O–H groups in total. The SMILES string of the molecule is COC(OC)c1ccc(C(F)(c2ccccc2)C(F)(F)C(F)(F)F)cc1. The standard InChI is InChI=1S/C18H16F6O2/c1-25-15(26-2)12-8-10-14(11-9-12)16(19,13-6-4-3-5-7-13)17(20,21)18(22,23)24/h3-11,15H,1-2H3. The molecule has 0 fully saturated rings. The first kappa shape index (κ1) is 20.3. The first-order chi connectivity index (χ1) is 12.1. The van der Waals surface area contributed by atoms with Crippen LogP contribution in [0.3, 0.4) is 0 Å². The molecule has 2 rings (SSSR count). The van der Waals surface area contributed by atoms with Crippen LogP contribution in [0.5, 0.6) is 0 Å². The third-order valence-corrected chi connectivity index (χ3v) is 3.97. The zero-order valence-electron chi connectivity index (χ0n) is 13.9. The fourth-order valence-corrected chi connectivity index (χ4v) is 2.63. The highest BCUT2D eigenvalue weighted by atomic mass is 19.4. The first-order valence-electron chi connectivity index (χ1n) is 7.44. The fraction of sp³-hybridized carbons (Fsp3) is 0.333. The Kier molecular flexibility index (Phi) is 5.67. The van der Waals surface area contributed by atoms with E-state index in [0.29, 0.717) is 5.56 Å². The Balaban J connectivity index is 2.63. The molecule has 0 aliphatic rings. The normalized spacial score (nSPS) is 15.1. The van der Waals surface area contributed by atoms with E-state index in [1.807, 2.05) is 0 Å². The summed E-state index contributed by atoms with van der Waals surface area (Å²) in [5, 5.41) is 0. The van der Waals surface area contributed by atoms with E-state index in [0.717, 1.165) is 24.3 Å². The Morgan fingerprint density at radius 2 is 1.15 bits per heavy atom. The third kappa shape index (κ3) is 3.31. The fourth-order valence-electron chi connectivity index (χ4n) is 2.63. The maximum Gasteiger partial charge on any atom is 0.457 e. The van der Waals surface area contributed by atoms with Gasteiger partial charge in [0.1, 0.15) is 0 Å². The van der Waals surface area contributed by atoms with E-state index in [2.05, 4.69) is 0 Å². The number of hydrogen-bond donors (Lipinski definition) is 0. The van der Waals surface area contributed by atoms with Crippen molar-refractivity contribution in [1.82, 2.24) is 0 Å².